The molecule has 0 saturated heterocycles. The maximum Gasteiger partial charge on any atom is 0.428 e. The SMILES string of the molecule is Cc1cc(-c2c(-c3ccc(F)cc3)nc(N)[n+]3c(=O)n(Cc4ncoc4C)[nH]c23)cc(CO)n1. The van der Waals surface area contributed by atoms with Crippen LogP contribution >= 0.6 is 0 Å². The molecular formula is C23H21FN7O3+. The van der Waals surface area contributed by atoms with Crippen molar-refractivity contribution in [3.8, 4) is 22.4 Å². The quantitative estimate of drug-likeness (QED) is 0.339. The number of halogens is 1. The van der Waals surface area contributed by atoms with E-state index < -0.39 is 11.5 Å². The van der Waals surface area contributed by atoms with E-state index in [9.17, 15) is 14.3 Å². The van der Waals surface area contributed by atoms with Gasteiger partial charge in [-0.05, 0) is 55.8 Å². The molecule has 0 amide bonds. The highest BCUT2D eigenvalue weighted by atomic mass is 19.1. The standard InChI is InChI=1S/C23H20FN7O3/c1-12-7-15(8-17(10-32)27-12)19-20(14-3-5-16(24)6-4-14)28-22(25)31-21(19)29-30(23(31)33)9-18-13(2)34-11-26-18/h3-8,11,32H,9-10H2,1-2H3,(H2,25,27,28,29)/p+1. The highest BCUT2D eigenvalue weighted by Gasteiger charge is 2.27. The topological polar surface area (TPSA) is 140 Å². The first-order valence-electron chi connectivity index (χ1n) is 10.4. The molecule has 0 atom stereocenters. The largest absolute Gasteiger partial charge is 0.448 e. The second kappa shape index (κ2) is 8.19. The third kappa shape index (κ3) is 3.61. The third-order valence-electron chi connectivity index (χ3n) is 5.54. The molecule has 0 aliphatic heterocycles. The van der Waals surface area contributed by atoms with E-state index in [2.05, 4.69) is 20.1 Å². The second-order valence-corrected chi connectivity index (χ2v) is 7.87. The number of aromatic nitrogens is 6. The number of fused-ring (bicyclic) bond motifs is 1. The van der Waals surface area contributed by atoms with E-state index in [0.29, 0.717) is 50.9 Å². The number of nitrogen functional groups attached to an aromatic ring is 1. The Labute approximate surface area is 192 Å². The Morgan fingerprint density at radius 1 is 1.18 bits per heavy atom. The van der Waals surface area contributed by atoms with Crippen LogP contribution in [0, 0.1) is 19.7 Å². The van der Waals surface area contributed by atoms with Gasteiger partial charge in [0, 0.05) is 11.3 Å². The van der Waals surface area contributed by atoms with E-state index >= 15 is 0 Å². The van der Waals surface area contributed by atoms with Crippen LogP contribution in [0.3, 0.4) is 0 Å². The van der Waals surface area contributed by atoms with Gasteiger partial charge in [-0.15, -0.1) is 9.38 Å². The van der Waals surface area contributed by atoms with Gasteiger partial charge >= 0.3 is 11.6 Å². The average molecular weight is 462 g/mol. The van der Waals surface area contributed by atoms with Gasteiger partial charge in [0.2, 0.25) is 5.65 Å². The Balaban J connectivity index is 1.84. The van der Waals surface area contributed by atoms with Gasteiger partial charge in [0.15, 0.2) is 6.39 Å². The number of aliphatic hydroxyl groups excluding tert-OH is 1. The molecule has 0 fully saturated rings. The lowest BCUT2D eigenvalue weighted by atomic mass is 9.99. The van der Waals surface area contributed by atoms with Crippen molar-refractivity contribution in [3.63, 3.8) is 0 Å². The summed E-state index contributed by atoms with van der Waals surface area (Å²) < 4.78 is 21.5. The Hall–Kier alpha value is -4.38. The number of oxazole rings is 1. The molecular weight excluding hydrogens is 441 g/mol. The van der Waals surface area contributed by atoms with Crippen molar-refractivity contribution in [3.05, 3.63) is 81.9 Å². The number of hydrogen-bond donors (Lipinski definition) is 3. The highest BCUT2D eigenvalue weighted by molar-refractivity contribution is 5.88. The summed E-state index contributed by atoms with van der Waals surface area (Å²) in [4.78, 5) is 26.3. The lowest BCUT2D eigenvalue weighted by Crippen LogP contribution is -2.44. The van der Waals surface area contributed by atoms with Gasteiger partial charge < -0.3 is 15.3 Å². The molecule has 34 heavy (non-hydrogen) atoms. The van der Waals surface area contributed by atoms with Crippen LogP contribution in [0.4, 0.5) is 10.3 Å². The van der Waals surface area contributed by atoms with E-state index in [1.54, 1.807) is 32.0 Å². The molecule has 0 aliphatic rings. The van der Waals surface area contributed by atoms with Crippen LogP contribution in [-0.2, 0) is 13.2 Å². The highest BCUT2D eigenvalue weighted by Crippen LogP contribution is 2.33. The molecule has 4 N–H and O–H groups in total. The molecule has 172 valence electrons. The lowest BCUT2D eigenvalue weighted by molar-refractivity contribution is -0.516. The third-order valence-corrected chi connectivity index (χ3v) is 5.54. The molecule has 4 aromatic heterocycles. The molecule has 5 rings (SSSR count). The molecule has 11 heteroatoms. The van der Waals surface area contributed by atoms with Gasteiger partial charge in [0.05, 0.1) is 17.9 Å². The van der Waals surface area contributed by atoms with Crippen molar-refractivity contribution in [2.75, 3.05) is 5.73 Å². The van der Waals surface area contributed by atoms with Gasteiger partial charge in [-0.2, -0.15) is 4.68 Å². The fraction of sp³-hybridized carbons (Fsp3) is 0.174. The van der Waals surface area contributed by atoms with E-state index in [-0.39, 0.29) is 19.1 Å². The first-order chi connectivity index (χ1) is 16.4. The molecule has 0 saturated carbocycles. The summed E-state index contributed by atoms with van der Waals surface area (Å²) in [7, 11) is 0. The van der Waals surface area contributed by atoms with E-state index in [1.165, 1.54) is 27.6 Å². The monoisotopic (exact) mass is 462 g/mol. The number of H-pyrrole nitrogens is 1. The van der Waals surface area contributed by atoms with E-state index in [4.69, 9.17) is 10.2 Å². The van der Waals surface area contributed by atoms with Crippen LogP contribution in [0.15, 0.2) is 52.0 Å². The number of benzene rings is 1. The number of aromatic amines is 1. The summed E-state index contributed by atoms with van der Waals surface area (Å²) in [5.74, 6) is 0.160. The van der Waals surface area contributed by atoms with Gasteiger partial charge in [-0.1, -0.05) is 0 Å². The lowest BCUT2D eigenvalue weighted by Gasteiger charge is -2.10. The minimum atomic E-state index is -0.442. The second-order valence-electron chi connectivity index (χ2n) is 7.87. The average Bonchev–Trinajstić information content (AvgIpc) is 3.36. The minimum Gasteiger partial charge on any atom is -0.448 e. The summed E-state index contributed by atoms with van der Waals surface area (Å²) in [6, 6.07) is 9.36. The van der Waals surface area contributed by atoms with Crippen molar-refractivity contribution >= 4 is 11.6 Å². The summed E-state index contributed by atoms with van der Waals surface area (Å²) >= 11 is 0. The van der Waals surface area contributed by atoms with Crippen molar-refractivity contribution in [1.29, 1.82) is 0 Å². The number of nitrogens with one attached hydrogen (secondary N) is 1. The Morgan fingerprint density at radius 2 is 1.94 bits per heavy atom. The van der Waals surface area contributed by atoms with Crippen molar-refractivity contribution in [1.82, 2.24) is 24.7 Å². The predicted molar refractivity (Wildman–Crippen MR) is 120 cm³/mol. The molecule has 0 spiro atoms. The van der Waals surface area contributed by atoms with Crippen molar-refractivity contribution in [2.45, 2.75) is 27.0 Å². The number of aliphatic hydroxyl groups is 1. The number of aryl methyl sites for hydroxylation is 2. The Bertz CT molecular complexity index is 1590. The van der Waals surface area contributed by atoms with Crippen LogP contribution < -0.4 is 15.8 Å². The van der Waals surface area contributed by atoms with Gasteiger partial charge in [-0.25, -0.2) is 19.3 Å². The van der Waals surface area contributed by atoms with E-state index in [1.807, 2.05) is 6.07 Å². The first kappa shape index (κ1) is 21.5. The van der Waals surface area contributed by atoms with Crippen LogP contribution in [0.2, 0.25) is 0 Å². The summed E-state index contributed by atoms with van der Waals surface area (Å²) in [6.07, 6.45) is 1.32. The summed E-state index contributed by atoms with van der Waals surface area (Å²) in [5.41, 5.74) is 10.1. The number of rotatable bonds is 5. The minimum absolute atomic E-state index is 0.0388. The van der Waals surface area contributed by atoms with Crippen LogP contribution in [0.25, 0.3) is 28.0 Å². The zero-order valence-electron chi connectivity index (χ0n) is 18.4. The van der Waals surface area contributed by atoms with Crippen LogP contribution in [0.5, 0.6) is 0 Å². The number of nitrogens with two attached hydrogens (primary N) is 1. The maximum atomic E-state index is 13.6. The summed E-state index contributed by atoms with van der Waals surface area (Å²) in [6.45, 7) is 3.43. The number of pyridine rings is 1. The molecule has 1 aromatic carbocycles. The molecule has 0 unspecified atom stereocenters. The van der Waals surface area contributed by atoms with Crippen LogP contribution in [-0.4, -0.2) is 29.8 Å². The smallest absolute Gasteiger partial charge is 0.428 e. The van der Waals surface area contributed by atoms with Crippen LogP contribution in [0.1, 0.15) is 22.8 Å². The predicted octanol–water partition coefficient (Wildman–Crippen LogP) is 1.91. The molecule has 10 nitrogen and oxygen atoms in total. The molecule has 5 aromatic rings. The van der Waals surface area contributed by atoms with Gasteiger partial charge in [-0.3, -0.25) is 4.98 Å². The normalized spacial score (nSPS) is 11.4. The fourth-order valence-corrected chi connectivity index (χ4v) is 3.94. The molecule has 0 radical (unpaired) electrons. The number of hydrogen-bond acceptors (Lipinski definition) is 7. The number of anilines is 1. The Morgan fingerprint density at radius 3 is 2.62 bits per heavy atom. The van der Waals surface area contributed by atoms with Gasteiger partial charge in [0.25, 0.3) is 0 Å². The zero-order valence-corrected chi connectivity index (χ0v) is 18.4. The summed E-state index contributed by atoms with van der Waals surface area (Å²) in [5, 5.41) is 12.8. The molecule has 0 bridgehead atoms. The first-order valence-corrected chi connectivity index (χ1v) is 10.4. The number of nitrogens with zero attached hydrogens (tertiary/aromatic N) is 5. The van der Waals surface area contributed by atoms with E-state index in [0.717, 1.165) is 0 Å². The van der Waals surface area contributed by atoms with Gasteiger partial charge in [0.1, 0.15) is 29.5 Å². The zero-order chi connectivity index (χ0) is 24.0. The van der Waals surface area contributed by atoms with Crippen molar-refractivity contribution in [2.24, 2.45) is 0 Å². The van der Waals surface area contributed by atoms with Crippen molar-refractivity contribution < 1.29 is 18.3 Å². The maximum absolute atomic E-state index is 13.6. The fourth-order valence-electron chi connectivity index (χ4n) is 3.94. The molecule has 4 heterocycles. The Kier molecular flexibility index (Phi) is 5.17. The molecule has 0 aliphatic carbocycles.